The molecule has 0 radical (unpaired) electrons. The fraction of sp³-hybridized carbons (Fsp3) is 0.955. The second-order valence-electron chi connectivity index (χ2n) is 8.34. The van der Waals surface area contributed by atoms with Gasteiger partial charge in [-0.2, -0.15) is 0 Å². The van der Waals surface area contributed by atoms with Gasteiger partial charge in [-0.05, 0) is 12.3 Å². The van der Waals surface area contributed by atoms with Crippen molar-refractivity contribution >= 4 is 13.7 Å². The Balaban J connectivity index is 3.69. The minimum absolute atomic E-state index is 0.0623. The van der Waals surface area contributed by atoms with Crippen LogP contribution in [0.4, 0.5) is 0 Å². The molecule has 0 aliphatic heterocycles. The van der Waals surface area contributed by atoms with Crippen molar-refractivity contribution in [2.75, 3.05) is 6.61 Å². The quantitative estimate of drug-likeness (QED) is 0.158. The van der Waals surface area contributed by atoms with Crippen LogP contribution < -0.4 is 5.32 Å². The Labute approximate surface area is 178 Å². The summed E-state index contributed by atoms with van der Waals surface area (Å²) in [6, 6.07) is -0.373. The molecule has 0 unspecified atom stereocenters. The monoisotopic (exact) mass is 435 g/mol. The largest absolute Gasteiger partial charge is 0.469 e. The molecule has 0 aliphatic rings. The van der Waals surface area contributed by atoms with Gasteiger partial charge in [-0.15, -0.1) is 0 Å². The molecule has 2 atom stereocenters. The zero-order chi connectivity index (χ0) is 22.0. The molecule has 0 fully saturated rings. The first-order valence-electron chi connectivity index (χ1n) is 11.8. The molecule has 0 saturated carbocycles. The molecular weight excluding hydrogens is 389 g/mol. The van der Waals surface area contributed by atoms with E-state index in [1.807, 2.05) is 13.8 Å². The molecule has 7 heteroatoms. The normalized spacial score (nSPS) is 14.0. The zero-order valence-corrected chi connectivity index (χ0v) is 19.9. The highest BCUT2D eigenvalue weighted by molar-refractivity contribution is 7.46. The van der Waals surface area contributed by atoms with Gasteiger partial charge in [0.2, 0.25) is 5.91 Å². The summed E-state index contributed by atoms with van der Waals surface area (Å²) in [7, 11) is -4.52. The maximum absolute atomic E-state index is 12.1. The molecule has 1 amide bonds. The zero-order valence-electron chi connectivity index (χ0n) is 19.0. The first-order valence-corrected chi connectivity index (χ1v) is 13.3. The molecule has 3 N–H and O–H groups in total. The number of hydrogen-bond acceptors (Lipinski definition) is 3. The second-order valence-corrected chi connectivity index (χ2v) is 9.58. The van der Waals surface area contributed by atoms with Crippen molar-refractivity contribution in [3.8, 4) is 0 Å². The van der Waals surface area contributed by atoms with Crippen LogP contribution in [0.2, 0.25) is 0 Å². The molecule has 6 nitrogen and oxygen atoms in total. The van der Waals surface area contributed by atoms with E-state index in [4.69, 9.17) is 9.79 Å². The van der Waals surface area contributed by atoms with Crippen molar-refractivity contribution in [2.45, 2.75) is 123 Å². The number of rotatable bonds is 20. The van der Waals surface area contributed by atoms with Crippen LogP contribution in [0.5, 0.6) is 0 Å². The number of phosphoric ester groups is 1. The lowest BCUT2D eigenvalue weighted by Crippen LogP contribution is -2.42. The molecule has 0 aromatic heterocycles. The molecule has 29 heavy (non-hydrogen) atoms. The van der Waals surface area contributed by atoms with Gasteiger partial charge in [-0.3, -0.25) is 9.32 Å². The van der Waals surface area contributed by atoms with E-state index in [1.54, 1.807) is 0 Å². The molecule has 0 heterocycles. The molecule has 0 bridgehead atoms. The Morgan fingerprint density at radius 2 is 1.31 bits per heavy atom. The van der Waals surface area contributed by atoms with E-state index in [0.29, 0.717) is 6.42 Å². The maximum Gasteiger partial charge on any atom is 0.469 e. The van der Waals surface area contributed by atoms with Gasteiger partial charge in [0.25, 0.3) is 0 Å². The van der Waals surface area contributed by atoms with Crippen LogP contribution in [-0.4, -0.2) is 28.3 Å². The van der Waals surface area contributed by atoms with E-state index in [2.05, 4.69) is 16.8 Å². The van der Waals surface area contributed by atoms with Gasteiger partial charge in [0.15, 0.2) is 0 Å². The molecule has 0 spiro atoms. The van der Waals surface area contributed by atoms with Gasteiger partial charge in [0.05, 0.1) is 12.6 Å². The van der Waals surface area contributed by atoms with Crippen LogP contribution in [0, 0.1) is 5.92 Å². The minimum Gasteiger partial charge on any atom is -0.351 e. The van der Waals surface area contributed by atoms with Gasteiger partial charge < -0.3 is 15.1 Å². The van der Waals surface area contributed by atoms with Gasteiger partial charge in [-0.25, -0.2) is 4.57 Å². The highest BCUT2D eigenvalue weighted by Crippen LogP contribution is 2.36. The Bertz CT molecular complexity index is 441. The number of amides is 1. The fourth-order valence-electron chi connectivity index (χ4n) is 3.39. The second kappa shape index (κ2) is 18.4. The van der Waals surface area contributed by atoms with Crippen molar-refractivity contribution in [1.29, 1.82) is 0 Å². The summed E-state index contributed by atoms with van der Waals surface area (Å²) >= 11 is 0. The third kappa shape index (κ3) is 19.3. The van der Waals surface area contributed by atoms with Crippen molar-refractivity contribution in [2.24, 2.45) is 5.92 Å². The molecule has 0 aromatic carbocycles. The SMILES string of the molecule is CCCCCCCCCCCCCCCC(=O)N[C@@H](COP(=O)(O)O)[C@@H](C)CC. The Kier molecular flexibility index (Phi) is 18.1. The van der Waals surface area contributed by atoms with Crippen LogP contribution >= 0.6 is 7.82 Å². The number of hydrogen-bond donors (Lipinski definition) is 3. The lowest BCUT2D eigenvalue weighted by atomic mass is 9.99. The number of carbonyl (C=O) groups is 1. The molecular formula is C22H46NO5P. The van der Waals surface area contributed by atoms with E-state index >= 15 is 0 Å². The summed E-state index contributed by atoms with van der Waals surface area (Å²) in [6.45, 7) is 6.01. The van der Waals surface area contributed by atoms with Crippen LogP contribution in [0.15, 0.2) is 0 Å². The molecule has 0 saturated heterocycles. The van der Waals surface area contributed by atoms with Gasteiger partial charge in [0, 0.05) is 6.42 Å². The highest BCUT2D eigenvalue weighted by atomic mass is 31.2. The number of unbranched alkanes of at least 4 members (excludes halogenated alkanes) is 12. The summed E-state index contributed by atoms with van der Waals surface area (Å²) < 4.78 is 15.5. The summed E-state index contributed by atoms with van der Waals surface area (Å²) in [5, 5.41) is 2.88. The van der Waals surface area contributed by atoms with Crippen LogP contribution in [0.3, 0.4) is 0 Å². The van der Waals surface area contributed by atoms with E-state index < -0.39 is 7.82 Å². The van der Waals surface area contributed by atoms with Crippen molar-refractivity contribution < 1.29 is 23.7 Å². The average Bonchev–Trinajstić information content (AvgIpc) is 2.67. The number of carbonyl (C=O) groups excluding carboxylic acids is 1. The third-order valence-electron chi connectivity index (χ3n) is 5.61. The van der Waals surface area contributed by atoms with Crippen LogP contribution in [-0.2, 0) is 13.9 Å². The first kappa shape index (κ1) is 28.6. The summed E-state index contributed by atoms with van der Waals surface area (Å²) in [4.78, 5) is 29.9. The van der Waals surface area contributed by atoms with Crippen molar-refractivity contribution in [3.63, 3.8) is 0 Å². The topological polar surface area (TPSA) is 95.9 Å². The van der Waals surface area contributed by atoms with E-state index in [9.17, 15) is 9.36 Å². The van der Waals surface area contributed by atoms with Crippen LogP contribution in [0.25, 0.3) is 0 Å². The third-order valence-corrected chi connectivity index (χ3v) is 6.09. The Morgan fingerprint density at radius 1 is 0.862 bits per heavy atom. The molecule has 0 rings (SSSR count). The number of phosphoric acid groups is 1. The summed E-state index contributed by atoms with van der Waals surface area (Å²) in [6.07, 6.45) is 17.7. The molecule has 0 aromatic rings. The smallest absolute Gasteiger partial charge is 0.351 e. The highest BCUT2D eigenvalue weighted by Gasteiger charge is 2.23. The number of nitrogens with one attached hydrogen (secondary N) is 1. The maximum atomic E-state index is 12.1. The van der Waals surface area contributed by atoms with E-state index in [1.165, 1.54) is 70.6 Å². The van der Waals surface area contributed by atoms with Crippen LogP contribution in [0.1, 0.15) is 117 Å². The molecule has 0 aliphatic carbocycles. The Morgan fingerprint density at radius 3 is 1.72 bits per heavy atom. The summed E-state index contributed by atoms with van der Waals surface area (Å²) in [5.41, 5.74) is 0. The fourth-order valence-corrected chi connectivity index (χ4v) is 3.75. The van der Waals surface area contributed by atoms with Gasteiger partial charge in [-0.1, -0.05) is 104 Å². The van der Waals surface area contributed by atoms with E-state index in [-0.39, 0.29) is 24.5 Å². The van der Waals surface area contributed by atoms with Crippen molar-refractivity contribution in [3.05, 3.63) is 0 Å². The average molecular weight is 436 g/mol. The van der Waals surface area contributed by atoms with Gasteiger partial charge >= 0.3 is 7.82 Å². The van der Waals surface area contributed by atoms with Crippen molar-refractivity contribution in [1.82, 2.24) is 5.32 Å². The van der Waals surface area contributed by atoms with Gasteiger partial charge in [0.1, 0.15) is 0 Å². The Hall–Kier alpha value is -0.420. The lowest BCUT2D eigenvalue weighted by Gasteiger charge is -2.24. The first-order chi connectivity index (χ1) is 13.8. The standard InChI is InChI=1S/C22H46NO5P/c1-4-6-7-8-9-10-11-12-13-14-15-16-17-18-22(24)23-21(20(3)5-2)19-28-29(25,26)27/h20-21H,4-19H2,1-3H3,(H,23,24)(H2,25,26,27)/t20-,21-/m0/s1. The predicted octanol–water partition coefficient (Wildman–Crippen LogP) is 6.11. The predicted molar refractivity (Wildman–Crippen MR) is 120 cm³/mol. The minimum atomic E-state index is -4.52. The lowest BCUT2D eigenvalue weighted by molar-refractivity contribution is -0.122. The summed E-state index contributed by atoms with van der Waals surface area (Å²) in [5.74, 6) is 0.0322. The molecule has 174 valence electrons. The van der Waals surface area contributed by atoms with E-state index in [0.717, 1.165) is 19.3 Å².